The quantitative estimate of drug-likeness (QED) is 0.265. The van der Waals surface area contributed by atoms with E-state index in [0.29, 0.717) is 17.5 Å². The molecule has 0 spiro atoms. The molecule has 4 heteroatoms. The third-order valence-electron chi connectivity index (χ3n) is 5.88. The summed E-state index contributed by atoms with van der Waals surface area (Å²) in [5, 5.41) is 0.508. The van der Waals surface area contributed by atoms with Gasteiger partial charge in [0.15, 0.2) is 0 Å². The van der Waals surface area contributed by atoms with E-state index in [1.54, 1.807) is 6.07 Å². The first kappa shape index (κ1) is 24.4. The highest BCUT2D eigenvalue weighted by Crippen LogP contribution is 2.18. The second-order valence-electron chi connectivity index (χ2n) is 8.85. The van der Waals surface area contributed by atoms with Gasteiger partial charge in [0.2, 0.25) is 0 Å². The van der Waals surface area contributed by atoms with Crippen LogP contribution in [-0.4, -0.2) is 11.6 Å². The van der Waals surface area contributed by atoms with Crippen LogP contribution < -0.4 is 10.4 Å². The van der Waals surface area contributed by atoms with Crippen LogP contribution in [0.25, 0.3) is 10.9 Å². The van der Waals surface area contributed by atoms with Gasteiger partial charge in [-0.3, -0.25) is 0 Å². The van der Waals surface area contributed by atoms with Crippen molar-refractivity contribution in [1.82, 2.24) is 4.98 Å². The third kappa shape index (κ3) is 9.32. The van der Waals surface area contributed by atoms with Gasteiger partial charge in [0.1, 0.15) is 0 Å². The fraction of sp³-hybridized carbons (Fsp3) is 0.692. The molecule has 2 aromatic rings. The van der Waals surface area contributed by atoms with Crippen molar-refractivity contribution < 1.29 is 9.15 Å². The van der Waals surface area contributed by atoms with Crippen molar-refractivity contribution in [2.75, 3.05) is 6.61 Å². The SMILES string of the molecule is CCCCCC[C@@H](C)CCCCCCCCCOc1nc2ccc(C)cc2c(=O)o1. The van der Waals surface area contributed by atoms with Crippen LogP contribution in [0.4, 0.5) is 0 Å². The molecule has 0 N–H and O–H groups in total. The number of nitrogens with zero attached hydrogens (tertiary/aromatic N) is 1. The molecule has 0 saturated heterocycles. The molecule has 0 amide bonds. The number of hydrogen-bond acceptors (Lipinski definition) is 4. The Balaban J connectivity index is 1.48. The molecule has 2 rings (SSSR count). The van der Waals surface area contributed by atoms with E-state index in [-0.39, 0.29) is 11.7 Å². The minimum absolute atomic E-state index is 0.0835. The van der Waals surface area contributed by atoms with Gasteiger partial charge in [-0.05, 0) is 31.4 Å². The monoisotopic (exact) mass is 415 g/mol. The number of unbranched alkanes of at least 4 members (excludes halogenated alkanes) is 9. The molecule has 1 aromatic heterocycles. The van der Waals surface area contributed by atoms with Gasteiger partial charge in [-0.1, -0.05) is 103 Å². The first-order valence-electron chi connectivity index (χ1n) is 12.1. The molecule has 30 heavy (non-hydrogen) atoms. The first-order chi connectivity index (χ1) is 14.6. The molecule has 1 heterocycles. The van der Waals surface area contributed by atoms with Crippen LogP contribution in [0.2, 0.25) is 0 Å². The summed E-state index contributed by atoms with van der Waals surface area (Å²) in [4.78, 5) is 16.3. The van der Waals surface area contributed by atoms with Crippen molar-refractivity contribution in [3.8, 4) is 6.08 Å². The first-order valence-corrected chi connectivity index (χ1v) is 12.1. The van der Waals surface area contributed by atoms with Crippen LogP contribution in [-0.2, 0) is 0 Å². The Bertz CT molecular complexity index is 783. The van der Waals surface area contributed by atoms with Gasteiger partial charge in [-0.25, -0.2) is 4.79 Å². The molecule has 168 valence electrons. The topological polar surface area (TPSA) is 52.3 Å². The summed E-state index contributed by atoms with van der Waals surface area (Å²) < 4.78 is 10.8. The smallest absolute Gasteiger partial charge is 0.397 e. The Morgan fingerprint density at radius 1 is 0.933 bits per heavy atom. The number of ether oxygens (including phenoxy) is 1. The Morgan fingerprint density at radius 2 is 1.57 bits per heavy atom. The molecule has 0 bridgehead atoms. The van der Waals surface area contributed by atoms with E-state index in [1.807, 2.05) is 19.1 Å². The largest absolute Gasteiger partial charge is 0.450 e. The zero-order valence-corrected chi connectivity index (χ0v) is 19.4. The third-order valence-corrected chi connectivity index (χ3v) is 5.88. The fourth-order valence-corrected chi connectivity index (χ4v) is 3.93. The molecule has 0 aliphatic rings. The van der Waals surface area contributed by atoms with Gasteiger partial charge in [0.05, 0.1) is 17.5 Å². The van der Waals surface area contributed by atoms with Crippen LogP contribution in [0.5, 0.6) is 6.08 Å². The molecular formula is C26H41NO3. The number of aryl methyl sites for hydroxylation is 1. The molecule has 0 radical (unpaired) electrons. The maximum Gasteiger partial charge on any atom is 0.397 e. The number of hydrogen-bond donors (Lipinski definition) is 0. The zero-order chi connectivity index (χ0) is 21.6. The van der Waals surface area contributed by atoms with E-state index in [2.05, 4.69) is 18.8 Å². The van der Waals surface area contributed by atoms with E-state index < -0.39 is 0 Å². The number of aromatic nitrogens is 1. The molecule has 1 atom stereocenters. The van der Waals surface area contributed by atoms with Crippen molar-refractivity contribution in [2.24, 2.45) is 5.92 Å². The summed E-state index contributed by atoms with van der Waals surface area (Å²) in [7, 11) is 0. The molecule has 0 fully saturated rings. The van der Waals surface area contributed by atoms with E-state index in [0.717, 1.165) is 24.3 Å². The highest BCUT2D eigenvalue weighted by atomic mass is 16.6. The maximum absolute atomic E-state index is 12.0. The second-order valence-corrected chi connectivity index (χ2v) is 8.85. The minimum Gasteiger partial charge on any atom is -0.450 e. The lowest BCUT2D eigenvalue weighted by Gasteiger charge is -2.10. The van der Waals surface area contributed by atoms with Gasteiger partial charge in [-0.15, -0.1) is 0 Å². The predicted octanol–water partition coefficient (Wildman–Crippen LogP) is 7.60. The summed E-state index contributed by atoms with van der Waals surface area (Å²) in [6.45, 7) is 7.18. The van der Waals surface area contributed by atoms with Crippen LogP contribution in [0.3, 0.4) is 0 Å². The molecule has 1 aromatic carbocycles. The van der Waals surface area contributed by atoms with Crippen molar-refractivity contribution in [1.29, 1.82) is 0 Å². The van der Waals surface area contributed by atoms with E-state index >= 15 is 0 Å². The summed E-state index contributed by atoms with van der Waals surface area (Å²) in [6, 6.07) is 5.57. The van der Waals surface area contributed by atoms with Crippen LogP contribution in [0.1, 0.15) is 103 Å². The number of fused-ring (bicyclic) bond motifs is 1. The summed E-state index contributed by atoms with van der Waals surface area (Å²) in [5.41, 5.74) is 1.26. The van der Waals surface area contributed by atoms with Crippen LogP contribution >= 0.6 is 0 Å². The van der Waals surface area contributed by atoms with Gasteiger partial charge < -0.3 is 9.15 Å². The summed E-state index contributed by atoms with van der Waals surface area (Å²) in [6.07, 6.45) is 17.2. The van der Waals surface area contributed by atoms with Crippen LogP contribution in [0.15, 0.2) is 27.4 Å². The average molecular weight is 416 g/mol. The average Bonchev–Trinajstić information content (AvgIpc) is 2.73. The highest BCUT2D eigenvalue weighted by molar-refractivity contribution is 5.77. The Morgan fingerprint density at radius 3 is 2.27 bits per heavy atom. The lowest BCUT2D eigenvalue weighted by atomic mass is 9.96. The van der Waals surface area contributed by atoms with E-state index in [4.69, 9.17) is 9.15 Å². The zero-order valence-electron chi connectivity index (χ0n) is 19.4. The minimum atomic E-state index is -0.381. The van der Waals surface area contributed by atoms with E-state index in [9.17, 15) is 4.79 Å². The lowest BCUT2D eigenvalue weighted by Crippen LogP contribution is -2.06. The van der Waals surface area contributed by atoms with Crippen molar-refractivity contribution in [3.05, 3.63) is 34.2 Å². The van der Waals surface area contributed by atoms with Crippen molar-refractivity contribution >= 4 is 10.9 Å². The molecule has 0 aliphatic heterocycles. The molecular weight excluding hydrogens is 374 g/mol. The predicted molar refractivity (Wildman–Crippen MR) is 125 cm³/mol. The molecule has 4 nitrogen and oxygen atoms in total. The molecule has 0 unspecified atom stereocenters. The summed E-state index contributed by atoms with van der Waals surface area (Å²) >= 11 is 0. The van der Waals surface area contributed by atoms with Gasteiger partial charge >= 0.3 is 11.7 Å². The van der Waals surface area contributed by atoms with Gasteiger partial charge in [-0.2, -0.15) is 4.98 Å². The Labute approximate surface area is 182 Å². The fourth-order valence-electron chi connectivity index (χ4n) is 3.93. The molecule has 0 aliphatic carbocycles. The van der Waals surface area contributed by atoms with Crippen LogP contribution in [0, 0.1) is 12.8 Å². The maximum atomic E-state index is 12.0. The summed E-state index contributed by atoms with van der Waals surface area (Å²) in [5.74, 6) is 0.895. The van der Waals surface area contributed by atoms with E-state index in [1.165, 1.54) is 70.6 Å². The Kier molecular flexibility index (Phi) is 11.6. The standard InChI is InChI=1S/C26H41NO3/c1-4-5-6-12-15-21(2)16-13-10-8-7-9-11-14-19-29-26-27-24-18-17-22(3)20-23(24)25(28)30-26/h17-18,20-21H,4-16,19H2,1-3H3/t21-/m1/s1. The van der Waals surface area contributed by atoms with Crippen molar-refractivity contribution in [2.45, 2.75) is 104 Å². The Hall–Kier alpha value is -1.84. The number of benzene rings is 1. The van der Waals surface area contributed by atoms with Gasteiger partial charge in [0, 0.05) is 0 Å². The lowest BCUT2D eigenvalue weighted by molar-refractivity contribution is 0.211. The highest BCUT2D eigenvalue weighted by Gasteiger charge is 2.07. The molecule has 0 saturated carbocycles. The normalized spacial score (nSPS) is 12.4. The second kappa shape index (κ2) is 14.2. The van der Waals surface area contributed by atoms with Crippen molar-refractivity contribution in [3.63, 3.8) is 0 Å². The van der Waals surface area contributed by atoms with Gasteiger partial charge in [0.25, 0.3) is 0 Å². The number of rotatable bonds is 16.